The van der Waals surface area contributed by atoms with Gasteiger partial charge in [0.1, 0.15) is 6.54 Å². The fourth-order valence-electron chi connectivity index (χ4n) is 2.11. The van der Waals surface area contributed by atoms with Crippen molar-refractivity contribution in [1.82, 2.24) is 4.57 Å². The van der Waals surface area contributed by atoms with Crippen molar-refractivity contribution in [2.45, 2.75) is 12.7 Å². The van der Waals surface area contributed by atoms with Crippen LogP contribution in [-0.2, 0) is 6.54 Å². The summed E-state index contributed by atoms with van der Waals surface area (Å²) in [7, 11) is 1.02. The summed E-state index contributed by atoms with van der Waals surface area (Å²) in [6.07, 6.45) is -4.60. The zero-order chi connectivity index (χ0) is 15.8. The number of nitrogens with zero attached hydrogens (tertiary/aromatic N) is 1. The minimum absolute atomic E-state index is 0.0401. The van der Waals surface area contributed by atoms with Gasteiger partial charge in [0.2, 0.25) is 11.3 Å². The molecule has 0 fully saturated rings. The summed E-state index contributed by atoms with van der Waals surface area (Å²) in [5.41, 5.74) is -1.74. The van der Waals surface area contributed by atoms with Gasteiger partial charge < -0.3 is 14.4 Å². The molecule has 0 amide bonds. The first kappa shape index (κ1) is 14.9. The van der Waals surface area contributed by atoms with Gasteiger partial charge in [0.05, 0.1) is 12.6 Å². The number of fused-ring (bicyclic) bond motifs is 1. The first-order valence-corrected chi connectivity index (χ1v) is 5.76. The Kier molecular flexibility index (Phi) is 3.63. The highest BCUT2D eigenvalue weighted by atomic mass is 19.4. The molecule has 21 heavy (non-hydrogen) atoms. The van der Waals surface area contributed by atoms with Crippen molar-refractivity contribution in [3.05, 3.63) is 40.1 Å². The number of alkyl halides is 3. The molecule has 0 radical (unpaired) electrons. The average molecular weight is 301 g/mol. The van der Waals surface area contributed by atoms with Gasteiger partial charge in [-0.15, -0.1) is 0 Å². The van der Waals surface area contributed by atoms with Crippen molar-refractivity contribution in [3.63, 3.8) is 0 Å². The lowest BCUT2D eigenvalue weighted by Gasteiger charge is -2.18. The third-order valence-corrected chi connectivity index (χ3v) is 2.87. The first-order valence-electron chi connectivity index (χ1n) is 5.76. The van der Waals surface area contributed by atoms with Gasteiger partial charge in [0.25, 0.3) is 0 Å². The predicted octanol–water partition coefficient (Wildman–Crippen LogP) is 2.27. The van der Waals surface area contributed by atoms with E-state index in [9.17, 15) is 22.8 Å². The third-order valence-electron chi connectivity index (χ3n) is 2.87. The summed E-state index contributed by atoms with van der Waals surface area (Å²) in [4.78, 5) is 23.3. The van der Waals surface area contributed by atoms with E-state index in [-0.39, 0.29) is 10.9 Å². The second kappa shape index (κ2) is 5.12. The van der Waals surface area contributed by atoms with Gasteiger partial charge in [0.15, 0.2) is 5.56 Å². The normalized spacial score (nSPS) is 11.6. The molecule has 0 aliphatic heterocycles. The number of hydrogen-bond donors (Lipinski definition) is 1. The van der Waals surface area contributed by atoms with Crippen LogP contribution < -0.4 is 10.2 Å². The zero-order valence-electron chi connectivity index (χ0n) is 10.8. The van der Waals surface area contributed by atoms with Crippen molar-refractivity contribution in [3.8, 4) is 5.88 Å². The topological polar surface area (TPSA) is 68.5 Å². The van der Waals surface area contributed by atoms with Crippen LogP contribution in [0.25, 0.3) is 10.9 Å². The molecule has 1 heterocycles. The second-order valence-electron chi connectivity index (χ2n) is 4.24. The van der Waals surface area contributed by atoms with Crippen LogP contribution in [0.2, 0.25) is 0 Å². The van der Waals surface area contributed by atoms with Crippen LogP contribution >= 0.6 is 0 Å². The minimum atomic E-state index is -4.60. The van der Waals surface area contributed by atoms with Crippen LogP contribution in [0.3, 0.4) is 0 Å². The molecule has 0 aliphatic rings. The number of rotatable bonds is 3. The number of hydrogen-bond acceptors (Lipinski definition) is 3. The quantitative estimate of drug-likeness (QED) is 0.944. The van der Waals surface area contributed by atoms with Crippen LogP contribution in [0, 0.1) is 0 Å². The molecular weight excluding hydrogens is 291 g/mol. The lowest BCUT2D eigenvalue weighted by Crippen LogP contribution is -2.26. The lowest BCUT2D eigenvalue weighted by atomic mass is 10.1. The predicted molar refractivity (Wildman–Crippen MR) is 67.8 cm³/mol. The standard InChI is InChI=1S/C13H10F3NO4/c1-21-11-9(12(19)20)10(18)7-4-2-3-5-8(7)17(11)6-13(14,15)16/h2-5H,6H2,1H3,(H,19,20). The van der Waals surface area contributed by atoms with E-state index in [0.717, 1.165) is 7.11 Å². The summed E-state index contributed by atoms with van der Waals surface area (Å²) in [5.74, 6) is -2.26. The molecule has 5 nitrogen and oxygen atoms in total. The molecule has 0 saturated carbocycles. The van der Waals surface area contributed by atoms with E-state index >= 15 is 0 Å². The Morgan fingerprint density at radius 2 is 1.95 bits per heavy atom. The van der Waals surface area contributed by atoms with E-state index in [2.05, 4.69) is 0 Å². The Morgan fingerprint density at radius 3 is 2.48 bits per heavy atom. The van der Waals surface area contributed by atoms with E-state index < -0.39 is 35.6 Å². The SMILES string of the molecule is COc1c(C(=O)O)c(=O)c2ccccc2n1CC(F)(F)F. The highest BCUT2D eigenvalue weighted by Crippen LogP contribution is 2.27. The maximum Gasteiger partial charge on any atom is 0.406 e. The molecule has 2 aromatic rings. The highest BCUT2D eigenvalue weighted by molar-refractivity contribution is 5.95. The number of halogens is 3. The molecule has 1 aromatic carbocycles. The number of ether oxygens (including phenoxy) is 1. The minimum Gasteiger partial charge on any atom is -0.481 e. The molecule has 0 spiro atoms. The smallest absolute Gasteiger partial charge is 0.406 e. The lowest BCUT2D eigenvalue weighted by molar-refractivity contribution is -0.140. The molecule has 0 atom stereocenters. The summed E-state index contributed by atoms with van der Waals surface area (Å²) < 4.78 is 43.5. The summed E-state index contributed by atoms with van der Waals surface area (Å²) in [6.45, 7) is -1.46. The van der Waals surface area contributed by atoms with Gasteiger partial charge in [-0.05, 0) is 12.1 Å². The molecule has 1 aromatic heterocycles. The number of aromatic carboxylic acids is 1. The molecule has 112 valence electrons. The van der Waals surface area contributed by atoms with Crippen molar-refractivity contribution in [1.29, 1.82) is 0 Å². The van der Waals surface area contributed by atoms with Crippen LogP contribution in [0.1, 0.15) is 10.4 Å². The molecule has 0 saturated heterocycles. The number of pyridine rings is 1. The van der Waals surface area contributed by atoms with Gasteiger partial charge >= 0.3 is 12.1 Å². The third kappa shape index (κ3) is 2.69. The van der Waals surface area contributed by atoms with E-state index in [1.165, 1.54) is 24.3 Å². The molecule has 1 N–H and O–H groups in total. The van der Waals surface area contributed by atoms with Crippen molar-refractivity contribution in [2.24, 2.45) is 0 Å². The Morgan fingerprint density at radius 1 is 1.33 bits per heavy atom. The fraction of sp³-hybridized carbons (Fsp3) is 0.231. The largest absolute Gasteiger partial charge is 0.481 e. The van der Waals surface area contributed by atoms with Gasteiger partial charge in [-0.1, -0.05) is 12.1 Å². The molecule has 8 heteroatoms. The fourth-order valence-corrected chi connectivity index (χ4v) is 2.11. The number of methoxy groups -OCH3 is 1. The van der Waals surface area contributed by atoms with E-state index in [1.807, 2.05) is 0 Å². The number of carboxylic acids is 1. The van der Waals surface area contributed by atoms with Gasteiger partial charge in [-0.25, -0.2) is 4.79 Å². The van der Waals surface area contributed by atoms with Gasteiger partial charge in [-0.2, -0.15) is 13.2 Å². The number of carboxylic acid groups (broad SMARTS) is 1. The molecule has 0 bridgehead atoms. The van der Waals surface area contributed by atoms with Crippen molar-refractivity contribution in [2.75, 3.05) is 7.11 Å². The Bertz CT molecular complexity index is 764. The van der Waals surface area contributed by atoms with Crippen molar-refractivity contribution >= 4 is 16.9 Å². The number of benzene rings is 1. The van der Waals surface area contributed by atoms with Crippen LogP contribution in [0.5, 0.6) is 5.88 Å². The van der Waals surface area contributed by atoms with Crippen LogP contribution in [-0.4, -0.2) is 28.9 Å². The van der Waals surface area contributed by atoms with Crippen molar-refractivity contribution < 1.29 is 27.8 Å². The second-order valence-corrected chi connectivity index (χ2v) is 4.24. The molecule has 0 aliphatic carbocycles. The molecule has 2 rings (SSSR count). The number of aromatic nitrogens is 1. The monoisotopic (exact) mass is 301 g/mol. The first-order chi connectivity index (χ1) is 9.76. The molecular formula is C13H10F3NO4. The van der Waals surface area contributed by atoms with E-state index in [4.69, 9.17) is 9.84 Å². The maximum atomic E-state index is 12.7. The van der Waals surface area contributed by atoms with E-state index in [0.29, 0.717) is 4.57 Å². The average Bonchev–Trinajstić information content (AvgIpc) is 2.39. The zero-order valence-corrected chi connectivity index (χ0v) is 10.8. The Balaban J connectivity index is 2.95. The summed E-state index contributed by atoms with van der Waals surface area (Å²) >= 11 is 0. The van der Waals surface area contributed by atoms with Gasteiger partial charge in [-0.3, -0.25) is 4.79 Å². The van der Waals surface area contributed by atoms with Crippen LogP contribution in [0.15, 0.2) is 29.1 Å². The maximum absolute atomic E-state index is 12.7. The Hall–Kier alpha value is -2.51. The number of para-hydroxylation sites is 1. The summed E-state index contributed by atoms with van der Waals surface area (Å²) in [5, 5.41) is 8.97. The van der Waals surface area contributed by atoms with Gasteiger partial charge in [0, 0.05) is 5.39 Å². The summed E-state index contributed by atoms with van der Waals surface area (Å²) in [6, 6.07) is 5.47. The Labute approximate surface area is 116 Å². The van der Waals surface area contributed by atoms with E-state index in [1.54, 1.807) is 0 Å². The number of carbonyl (C=O) groups is 1. The molecule has 0 unspecified atom stereocenters. The van der Waals surface area contributed by atoms with Crippen LogP contribution in [0.4, 0.5) is 13.2 Å². The highest BCUT2D eigenvalue weighted by Gasteiger charge is 2.32.